The summed E-state index contributed by atoms with van der Waals surface area (Å²) >= 11 is 7.76. The molecule has 0 saturated carbocycles. The highest BCUT2D eigenvalue weighted by Gasteiger charge is 2.27. The van der Waals surface area contributed by atoms with Gasteiger partial charge in [-0.25, -0.2) is 4.79 Å². The van der Waals surface area contributed by atoms with Gasteiger partial charge in [0, 0.05) is 17.9 Å². The molecule has 0 unspecified atom stereocenters. The van der Waals surface area contributed by atoms with Gasteiger partial charge in [-0.3, -0.25) is 14.4 Å². The second kappa shape index (κ2) is 10.3. The van der Waals surface area contributed by atoms with Crippen LogP contribution in [0.25, 0.3) is 0 Å². The van der Waals surface area contributed by atoms with Gasteiger partial charge in [0.2, 0.25) is 11.8 Å². The summed E-state index contributed by atoms with van der Waals surface area (Å²) in [6.45, 7) is 0. The number of rotatable bonds is 10. The number of nitrogens with two attached hydrogens (primary N) is 1. The number of carboxylic acid groups (broad SMARTS) is 2. The van der Waals surface area contributed by atoms with Crippen LogP contribution in [-0.2, 0) is 19.2 Å². The first-order valence-electron chi connectivity index (χ1n) is 6.25. The minimum Gasteiger partial charge on any atom is -0.481 e. The fourth-order valence-corrected chi connectivity index (χ4v) is 1.78. The van der Waals surface area contributed by atoms with Gasteiger partial charge in [0.1, 0.15) is 12.1 Å². The molecule has 0 aliphatic rings. The molecule has 22 heavy (non-hydrogen) atoms. The van der Waals surface area contributed by atoms with Gasteiger partial charge >= 0.3 is 11.9 Å². The van der Waals surface area contributed by atoms with E-state index in [-0.39, 0.29) is 17.9 Å². The van der Waals surface area contributed by atoms with E-state index >= 15 is 0 Å². The van der Waals surface area contributed by atoms with Gasteiger partial charge in [0.15, 0.2) is 0 Å². The van der Waals surface area contributed by atoms with Gasteiger partial charge in [-0.2, -0.15) is 25.3 Å². The minimum atomic E-state index is -1.37. The van der Waals surface area contributed by atoms with Crippen LogP contribution in [0.1, 0.15) is 12.8 Å². The molecule has 0 aliphatic heterocycles. The molecule has 0 spiro atoms. The lowest BCUT2D eigenvalue weighted by atomic mass is 10.1. The summed E-state index contributed by atoms with van der Waals surface area (Å²) in [5, 5.41) is 22.0. The molecule has 0 aliphatic carbocycles. The van der Waals surface area contributed by atoms with E-state index in [0.29, 0.717) is 0 Å². The van der Waals surface area contributed by atoms with Crippen molar-refractivity contribution in [2.45, 2.75) is 31.0 Å². The summed E-state index contributed by atoms with van der Waals surface area (Å²) in [4.78, 5) is 45.0. The molecule has 9 nitrogen and oxygen atoms in total. The average molecular weight is 353 g/mol. The third kappa shape index (κ3) is 7.52. The number of carboxylic acids is 2. The molecule has 0 rings (SSSR count). The molecule has 3 atom stereocenters. The number of hydrogen-bond donors (Lipinski definition) is 7. The van der Waals surface area contributed by atoms with Crippen molar-refractivity contribution < 1.29 is 29.4 Å². The molecule has 0 heterocycles. The Morgan fingerprint density at radius 1 is 0.955 bits per heavy atom. The van der Waals surface area contributed by atoms with Crippen LogP contribution >= 0.6 is 25.3 Å². The third-order valence-corrected chi connectivity index (χ3v) is 3.37. The highest BCUT2D eigenvalue weighted by molar-refractivity contribution is 7.80. The highest BCUT2D eigenvalue weighted by Crippen LogP contribution is 2.00. The summed E-state index contributed by atoms with van der Waals surface area (Å²) in [5.74, 6) is -3.97. The quantitative estimate of drug-likeness (QED) is 0.226. The van der Waals surface area contributed by atoms with Crippen LogP contribution < -0.4 is 16.4 Å². The standard InChI is InChI=1S/C11H19N3O6S2/c12-5(3-21)9(17)14-7(4-22)10(18)13-6(11(19)20)1-2-8(15)16/h5-7,21-22H,1-4,12H2,(H,13,18)(H,14,17)(H,15,16)(H,19,20)/t5-,6-,7-/m0/s1. The maximum atomic E-state index is 11.9. The molecule has 0 aromatic rings. The first kappa shape index (κ1) is 20.5. The van der Waals surface area contributed by atoms with Gasteiger partial charge in [-0.15, -0.1) is 0 Å². The Morgan fingerprint density at radius 2 is 1.50 bits per heavy atom. The Hall–Kier alpha value is -1.46. The van der Waals surface area contributed by atoms with Gasteiger partial charge in [-0.1, -0.05) is 0 Å². The zero-order valence-corrected chi connectivity index (χ0v) is 13.3. The normalized spacial score (nSPS) is 14.5. The Labute approximate surface area is 137 Å². The predicted molar refractivity (Wildman–Crippen MR) is 84.0 cm³/mol. The summed E-state index contributed by atoms with van der Waals surface area (Å²) in [5.41, 5.74) is 5.45. The van der Waals surface area contributed by atoms with Crippen LogP contribution in [0.3, 0.4) is 0 Å². The molecule has 0 saturated heterocycles. The van der Waals surface area contributed by atoms with E-state index in [1.807, 2.05) is 0 Å². The molecule has 126 valence electrons. The largest absolute Gasteiger partial charge is 0.481 e. The lowest BCUT2D eigenvalue weighted by Crippen LogP contribution is -2.55. The average Bonchev–Trinajstić information content (AvgIpc) is 2.46. The fourth-order valence-electron chi connectivity index (χ4n) is 1.35. The molecule has 0 fully saturated rings. The van der Waals surface area contributed by atoms with Crippen LogP contribution in [0, 0.1) is 0 Å². The molecule has 2 amide bonds. The first-order valence-corrected chi connectivity index (χ1v) is 7.52. The first-order chi connectivity index (χ1) is 10.2. The zero-order chi connectivity index (χ0) is 17.3. The third-order valence-electron chi connectivity index (χ3n) is 2.61. The van der Waals surface area contributed by atoms with Crippen LogP contribution in [0.5, 0.6) is 0 Å². The maximum absolute atomic E-state index is 11.9. The van der Waals surface area contributed by atoms with Gasteiger partial charge in [0.25, 0.3) is 0 Å². The van der Waals surface area contributed by atoms with Crippen molar-refractivity contribution in [2.24, 2.45) is 5.73 Å². The fraction of sp³-hybridized carbons (Fsp3) is 0.636. The van der Waals surface area contributed by atoms with Crippen LogP contribution in [0.15, 0.2) is 0 Å². The van der Waals surface area contributed by atoms with Crippen molar-refractivity contribution >= 4 is 49.0 Å². The van der Waals surface area contributed by atoms with Crippen molar-refractivity contribution in [3.05, 3.63) is 0 Å². The van der Waals surface area contributed by atoms with E-state index in [1.165, 1.54) is 0 Å². The Bertz CT molecular complexity index is 434. The van der Waals surface area contributed by atoms with Crippen LogP contribution in [-0.4, -0.2) is 63.6 Å². The van der Waals surface area contributed by atoms with E-state index in [9.17, 15) is 19.2 Å². The van der Waals surface area contributed by atoms with Crippen LogP contribution in [0.4, 0.5) is 0 Å². The minimum absolute atomic E-state index is 0.0725. The van der Waals surface area contributed by atoms with Gasteiger partial charge in [0.05, 0.1) is 6.04 Å². The Kier molecular flexibility index (Phi) is 9.61. The molecule has 0 aromatic carbocycles. The smallest absolute Gasteiger partial charge is 0.326 e. The lowest BCUT2D eigenvalue weighted by molar-refractivity contribution is -0.143. The molecule has 11 heteroatoms. The molecule has 0 aromatic heterocycles. The van der Waals surface area contributed by atoms with E-state index in [2.05, 4.69) is 35.9 Å². The van der Waals surface area contributed by atoms with Crippen molar-refractivity contribution in [2.75, 3.05) is 11.5 Å². The van der Waals surface area contributed by atoms with Crippen molar-refractivity contribution in [1.29, 1.82) is 0 Å². The van der Waals surface area contributed by atoms with Crippen molar-refractivity contribution in [1.82, 2.24) is 10.6 Å². The Balaban J connectivity index is 4.70. The molecule has 6 N–H and O–H groups in total. The Morgan fingerprint density at radius 3 is 1.91 bits per heavy atom. The van der Waals surface area contributed by atoms with Gasteiger partial charge in [-0.05, 0) is 6.42 Å². The zero-order valence-electron chi connectivity index (χ0n) is 11.6. The number of hydrogen-bond acceptors (Lipinski definition) is 7. The topological polar surface area (TPSA) is 159 Å². The monoisotopic (exact) mass is 353 g/mol. The number of amides is 2. The lowest BCUT2D eigenvalue weighted by Gasteiger charge is -2.21. The summed E-state index contributed by atoms with van der Waals surface area (Å²) in [6, 6.07) is -3.38. The summed E-state index contributed by atoms with van der Waals surface area (Å²) < 4.78 is 0. The maximum Gasteiger partial charge on any atom is 0.326 e. The second-order valence-electron chi connectivity index (χ2n) is 4.36. The highest BCUT2D eigenvalue weighted by atomic mass is 32.1. The summed E-state index contributed by atoms with van der Waals surface area (Å²) in [6.07, 6.45) is -0.695. The van der Waals surface area contributed by atoms with E-state index in [1.54, 1.807) is 0 Å². The van der Waals surface area contributed by atoms with E-state index in [0.717, 1.165) is 0 Å². The van der Waals surface area contributed by atoms with E-state index < -0.39 is 48.3 Å². The number of nitrogens with one attached hydrogen (secondary N) is 2. The molecular weight excluding hydrogens is 334 g/mol. The number of aliphatic carboxylic acids is 2. The van der Waals surface area contributed by atoms with Crippen molar-refractivity contribution in [3.8, 4) is 0 Å². The summed E-state index contributed by atoms with van der Waals surface area (Å²) in [7, 11) is 0. The predicted octanol–water partition coefficient (Wildman–Crippen LogP) is -1.91. The molecule has 0 radical (unpaired) electrons. The SMILES string of the molecule is N[C@@H](CS)C(=O)N[C@@H](CS)C(=O)N[C@@H](CCC(=O)O)C(=O)O. The van der Waals surface area contributed by atoms with Crippen molar-refractivity contribution in [3.63, 3.8) is 0 Å². The number of carbonyl (C=O) groups is 4. The molecule has 0 bridgehead atoms. The number of thiol groups is 2. The molecular formula is C11H19N3O6S2. The van der Waals surface area contributed by atoms with E-state index in [4.69, 9.17) is 15.9 Å². The van der Waals surface area contributed by atoms with Crippen LogP contribution in [0.2, 0.25) is 0 Å². The number of carbonyl (C=O) groups excluding carboxylic acids is 2. The second-order valence-corrected chi connectivity index (χ2v) is 5.09. The van der Waals surface area contributed by atoms with Gasteiger partial charge < -0.3 is 26.6 Å².